The van der Waals surface area contributed by atoms with E-state index in [9.17, 15) is 0 Å². The highest BCUT2D eigenvalue weighted by molar-refractivity contribution is 6.33. The van der Waals surface area contributed by atoms with Crippen LogP contribution in [0.3, 0.4) is 0 Å². The van der Waals surface area contributed by atoms with Crippen molar-refractivity contribution in [1.82, 2.24) is 15.0 Å². The molecule has 0 saturated carbocycles. The van der Waals surface area contributed by atoms with Gasteiger partial charge in [-0.3, -0.25) is 0 Å². The lowest BCUT2D eigenvalue weighted by Gasteiger charge is -2.10. The van der Waals surface area contributed by atoms with Gasteiger partial charge in [0.2, 0.25) is 11.9 Å². The Morgan fingerprint density at radius 3 is 2.80 bits per heavy atom. The molecular formula is C12H14ClN5O2. The first kappa shape index (κ1) is 14.1. The summed E-state index contributed by atoms with van der Waals surface area (Å²) >= 11 is 6.09. The summed E-state index contributed by atoms with van der Waals surface area (Å²) in [5.74, 6) is 0.963. The van der Waals surface area contributed by atoms with E-state index in [0.717, 1.165) is 0 Å². The van der Waals surface area contributed by atoms with E-state index in [1.165, 1.54) is 0 Å². The number of nitrogens with two attached hydrogens (primary N) is 1. The number of nitrogen functional groups attached to an aromatic ring is 1. The molecule has 0 amide bonds. The average Bonchev–Trinajstić information content (AvgIpc) is 2.41. The van der Waals surface area contributed by atoms with Crippen LogP contribution >= 0.6 is 11.6 Å². The van der Waals surface area contributed by atoms with Crippen molar-refractivity contribution in [3.05, 3.63) is 23.2 Å². The Labute approximate surface area is 121 Å². The van der Waals surface area contributed by atoms with Gasteiger partial charge in [-0.25, -0.2) is 0 Å². The zero-order chi connectivity index (χ0) is 14.5. The fourth-order valence-electron chi connectivity index (χ4n) is 1.47. The number of ether oxygens (including phenoxy) is 2. The summed E-state index contributed by atoms with van der Waals surface area (Å²) in [4.78, 5) is 11.9. The molecule has 0 aliphatic heterocycles. The third-order valence-corrected chi connectivity index (χ3v) is 2.66. The molecule has 0 fully saturated rings. The average molecular weight is 296 g/mol. The van der Waals surface area contributed by atoms with E-state index in [-0.39, 0.29) is 17.9 Å². The maximum atomic E-state index is 6.09. The van der Waals surface area contributed by atoms with Crippen molar-refractivity contribution in [3.8, 4) is 11.8 Å². The molecule has 0 aliphatic rings. The van der Waals surface area contributed by atoms with Gasteiger partial charge >= 0.3 is 6.01 Å². The van der Waals surface area contributed by atoms with Crippen LogP contribution in [-0.4, -0.2) is 28.7 Å². The van der Waals surface area contributed by atoms with E-state index in [4.69, 9.17) is 26.8 Å². The summed E-state index contributed by atoms with van der Waals surface area (Å²) in [6.07, 6.45) is 0. The molecule has 3 N–H and O–H groups in total. The van der Waals surface area contributed by atoms with Crippen molar-refractivity contribution >= 4 is 29.2 Å². The van der Waals surface area contributed by atoms with E-state index < -0.39 is 0 Å². The van der Waals surface area contributed by atoms with Crippen LogP contribution in [0.25, 0.3) is 0 Å². The number of halogens is 1. The lowest BCUT2D eigenvalue weighted by molar-refractivity contribution is 0.312. The number of benzene rings is 1. The summed E-state index contributed by atoms with van der Waals surface area (Å²) in [5, 5.41) is 3.45. The lowest BCUT2D eigenvalue weighted by atomic mass is 10.3. The van der Waals surface area contributed by atoms with Crippen LogP contribution < -0.4 is 20.5 Å². The first-order chi connectivity index (χ1) is 9.62. The normalized spacial score (nSPS) is 10.2. The van der Waals surface area contributed by atoms with Crippen LogP contribution in [0.1, 0.15) is 6.92 Å². The Morgan fingerprint density at radius 2 is 2.10 bits per heavy atom. The maximum Gasteiger partial charge on any atom is 0.323 e. The highest BCUT2D eigenvalue weighted by Crippen LogP contribution is 2.28. The molecule has 20 heavy (non-hydrogen) atoms. The van der Waals surface area contributed by atoms with Crippen molar-refractivity contribution < 1.29 is 9.47 Å². The molecule has 2 rings (SSSR count). The van der Waals surface area contributed by atoms with Gasteiger partial charge in [0, 0.05) is 6.07 Å². The van der Waals surface area contributed by atoms with Gasteiger partial charge in [0.25, 0.3) is 0 Å². The van der Waals surface area contributed by atoms with E-state index in [0.29, 0.717) is 23.1 Å². The molecule has 0 unspecified atom stereocenters. The van der Waals surface area contributed by atoms with E-state index in [2.05, 4.69) is 20.3 Å². The zero-order valence-electron chi connectivity index (χ0n) is 11.1. The van der Waals surface area contributed by atoms with Crippen LogP contribution in [0.15, 0.2) is 18.2 Å². The van der Waals surface area contributed by atoms with Gasteiger partial charge in [0.15, 0.2) is 0 Å². The Balaban J connectivity index is 2.29. The van der Waals surface area contributed by atoms with Crippen molar-refractivity contribution in [1.29, 1.82) is 0 Å². The van der Waals surface area contributed by atoms with Gasteiger partial charge in [-0.15, -0.1) is 0 Å². The third kappa shape index (κ3) is 3.39. The van der Waals surface area contributed by atoms with Gasteiger partial charge in [0.1, 0.15) is 5.75 Å². The second-order valence-corrected chi connectivity index (χ2v) is 4.11. The van der Waals surface area contributed by atoms with Gasteiger partial charge in [0.05, 0.1) is 24.4 Å². The van der Waals surface area contributed by atoms with Crippen LogP contribution in [0.4, 0.5) is 17.6 Å². The van der Waals surface area contributed by atoms with Crippen molar-refractivity contribution in [2.75, 3.05) is 24.8 Å². The summed E-state index contributed by atoms with van der Waals surface area (Å²) in [6, 6.07) is 5.34. The Bertz CT molecular complexity index is 608. The predicted molar refractivity (Wildman–Crippen MR) is 76.7 cm³/mol. The quantitative estimate of drug-likeness (QED) is 0.873. The number of rotatable bonds is 5. The van der Waals surface area contributed by atoms with E-state index in [1.807, 2.05) is 6.92 Å². The van der Waals surface area contributed by atoms with Crippen molar-refractivity contribution in [2.45, 2.75) is 6.92 Å². The largest absolute Gasteiger partial charge is 0.497 e. The maximum absolute atomic E-state index is 6.09. The first-order valence-corrected chi connectivity index (χ1v) is 6.25. The predicted octanol–water partition coefficient (Wildman–Crippen LogP) is 2.26. The van der Waals surface area contributed by atoms with Gasteiger partial charge in [-0.2, -0.15) is 15.0 Å². The highest BCUT2D eigenvalue weighted by Gasteiger charge is 2.08. The third-order valence-electron chi connectivity index (χ3n) is 2.33. The van der Waals surface area contributed by atoms with Gasteiger partial charge < -0.3 is 20.5 Å². The molecule has 1 aromatic heterocycles. The van der Waals surface area contributed by atoms with E-state index in [1.54, 1.807) is 25.3 Å². The molecule has 106 valence electrons. The fraction of sp³-hybridized carbons (Fsp3) is 0.250. The summed E-state index contributed by atoms with van der Waals surface area (Å²) in [5.41, 5.74) is 6.19. The minimum atomic E-state index is 0.0602. The minimum absolute atomic E-state index is 0.0602. The van der Waals surface area contributed by atoms with Gasteiger partial charge in [-0.1, -0.05) is 11.6 Å². The molecule has 0 saturated heterocycles. The first-order valence-electron chi connectivity index (χ1n) is 5.87. The minimum Gasteiger partial charge on any atom is -0.497 e. The standard InChI is InChI=1S/C12H14ClN5O2/c1-3-20-12-17-10(14)16-11(18-12)15-9-6-7(19-2)4-5-8(9)13/h4-6H,3H2,1-2H3,(H3,14,15,16,17,18). The highest BCUT2D eigenvalue weighted by atomic mass is 35.5. The summed E-state index contributed by atoms with van der Waals surface area (Å²) < 4.78 is 10.3. The number of hydrogen-bond acceptors (Lipinski definition) is 7. The number of anilines is 3. The van der Waals surface area contributed by atoms with Crippen LogP contribution in [0.2, 0.25) is 5.02 Å². The molecule has 0 bridgehead atoms. The lowest BCUT2D eigenvalue weighted by Crippen LogP contribution is -2.07. The molecule has 0 radical (unpaired) electrons. The van der Waals surface area contributed by atoms with Crippen LogP contribution in [0.5, 0.6) is 11.8 Å². The zero-order valence-corrected chi connectivity index (χ0v) is 11.8. The van der Waals surface area contributed by atoms with Crippen LogP contribution in [-0.2, 0) is 0 Å². The molecule has 1 heterocycles. The van der Waals surface area contributed by atoms with Crippen molar-refractivity contribution in [2.24, 2.45) is 0 Å². The fourth-order valence-corrected chi connectivity index (χ4v) is 1.63. The van der Waals surface area contributed by atoms with Gasteiger partial charge in [-0.05, 0) is 19.1 Å². The topological polar surface area (TPSA) is 95.2 Å². The Kier molecular flexibility index (Phi) is 4.41. The molecule has 0 spiro atoms. The molecule has 7 nitrogen and oxygen atoms in total. The molecule has 0 atom stereocenters. The Hall–Kier alpha value is -2.28. The van der Waals surface area contributed by atoms with Crippen LogP contribution in [0, 0.1) is 0 Å². The smallest absolute Gasteiger partial charge is 0.323 e. The summed E-state index contributed by atoms with van der Waals surface area (Å²) in [6.45, 7) is 2.26. The second-order valence-electron chi connectivity index (χ2n) is 3.70. The number of nitrogens with one attached hydrogen (secondary N) is 1. The Morgan fingerprint density at radius 1 is 1.30 bits per heavy atom. The SMILES string of the molecule is CCOc1nc(N)nc(Nc2cc(OC)ccc2Cl)n1. The number of aromatic nitrogens is 3. The second kappa shape index (κ2) is 6.25. The van der Waals surface area contributed by atoms with Crippen molar-refractivity contribution in [3.63, 3.8) is 0 Å². The molecule has 0 aliphatic carbocycles. The molecule has 8 heteroatoms. The monoisotopic (exact) mass is 295 g/mol. The summed E-state index contributed by atoms with van der Waals surface area (Å²) in [7, 11) is 1.57. The number of hydrogen-bond donors (Lipinski definition) is 2. The molecular weight excluding hydrogens is 282 g/mol. The molecule has 1 aromatic carbocycles. The number of nitrogens with zero attached hydrogens (tertiary/aromatic N) is 3. The van der Waals surface area contributed by atoms with E-state index >= 15 is 0 Å². The molecule has 2 aromatic rings. The number of methoxy groups -OCH3 is 1.